The van der Waals surface area contributed by atoms with Gasteiger partial charge < -0.3 is 10.2 Å². The molecule has 0 spiro atoms. The minimum atomic E-state index is 0.0749. The summed E-state index contributed by atoms with van der Waals surface area (Å²) in [6.45, 7) is 3.34. The molecule has 2 fully saturated rings. The third-order valence-corrected chi connectivity index (χ3v) is 4.25. The maximum atomic E-state index is 12.5. The molecule has 1 aromatic heterocycles. The number of likely N-dealkylation sites (tertiary alicyclic amines) is 1. The van der Waals surface area contributed by atoms with Crippen molar-refractivity contribution in [1.29, 1.82) is 0 Å². The van der Waals surface area contributed by atoms with Gasteiger partial charge in [-0.15, -0.1) is 0 Å². The molecule has 0 aromatic carbocycles. The minimum Gasteiger partial charge on any atom is -0.353 e. The number of hydrogen-bond donors (Lipinski definition) is 1. The average molecular weight is 273 g/mol. The molecule has 2 unspecified atom stereocenters. The highest BCUT2D eigenvalue weighted by molar-refractivity contribution is 5.94. The maximum Gasteiger partial charge on any atom is 0.253 e. The highest BCUT2D eigenvalue weighted by Crippen LogP contribution is 2.26. The number of nitrogens with one attached hydrogen (secondary N) is 1. The number of aromatic nitrogens is 1. The largest absolute Gasteiger partial charge is 0.353 e. The third kappa shape index (κ3) is 2.53. The van der Waals surface area contributed by atoms with Crippen LogP contribution >= 0.6 is 0 Å². The van der Waals surface area contributed by atoms with Gasteiger partial charge in [-0.2, -0.15) is 0 Å². The van der Waals surface area contributed by atoms with Gasteiger partial charge in [0.1, 0.15) is 0 Å². The van der Waals surface area contributed by atoms with Crippen LogP contribution in [-0.4, -0.2) is 40.8 Å². The zero-order valence-corrected chi connectivity index (χ0v) is 11.6. The SMILES string of the molecule is Cc1cc(C(=O)N2CCC3NC(=O)CCC3C2)ccn1. The van der Waals surface area contributed by atoms with Gasteiger partial charge in [-0.25, -0.2) is 0 Å². The summed E-state index contributed by atoms with van der Waals surface area (Å²) in [6, 6.07) is 3.85. The first-order chi connectivity index (χ1) is 9.63. The summed E-state index contributed by atoms with van der Waals surface area (Å²) in [7, 11) is 0. The lowest BCUT2D eigenvalue weighted by Gasteiger charge is -2.41. The monoisotopic (exact) mass is 273 g/mol. The van der Waals surface area contributed by atoms with E-state index >= 15 is 0 Å². The Labute approximate surface area is 118 Å². The molecule has 2 atom stereocenters. The number of carbonyl (C=O) groups is 2. The van der Waals surface area contributed by atoms with Gasteiger partial charge in [0.15, 0.2) is 0 Å². The van der Waals surface area contributed by atoms with Gasteiger partial charge >= 0.3 is 0 Å². The minimum absolute atomic E-state index is 0.0749. The smallest absolute Gasteiger partial charge is 0.253 e. The lowest BCUT2D eigenvalue weighted by Crippen LogP contribution is -2.55. The second-order valence-corrected chi connectivity index (χ2v) is 5.70. The fourth-order valence-electron chi connectivity index (χ4n) is 3.16. The zero-order chi connectivity index (χ0) is 14.1. The summed E-state index contributed by atoms with van der Waals surface area (Å²) < 4.78 is 0. The van der Waals surface area contributed by atoms with Crippen LogP contribution in [0.2, 0.25) is 0 Å². The van der Waals surface area contributed by atoms with Crippen LogP contribution in [0.15, 0.2) is 18.3 Å². The molecule has 2 aliphatic heterocycles. The molecule has 3 rings (SSSR count). The van der Waals surface area contributed by atoms with Crippen LogP contribution in [0.5, 0.6) is 0 Å². The summed E-state index contributed by atoms with van der Waals surface area (Å²) in [5.74, 6) is 0.620. The average Bonchev–Trinajstić information content (AvgIpc) is 2.46. The van der Waals surface area contributed by atoms with Gasteiger partial charge in [0, 0.05) is 43.0 Å². The van der Waals surface area contributed by atoms with Gasteiger partial charge in [0.05, 0.1) is 0 Å². The van der Waals surface area contributed by atoms with Crippen LogP contribution in [0, 0.1) is 12.8 Å². The van der Waals surface area contributed by atoms with Crippen LogP contribution in [0.3, 0.4) is 0 Å². The van der Waals surface area contributed by atoms with E-state index in [2.05, 4.69) is 10.3 Å². The van der Waals surface area contributed by atoms with Crippen molar-refractivity contribution in [3.63, 3.8) is 0 Å². The molecule has 2 amide bonds. The van der Waals surface area contributed by atoms with Crippen LogP contribution < -0.4 is 5.32 Å². The number of piperidine rings is 2. The third-order valence-electron chi connectivity index (χ3n) is 4.25. The molecule has 5 heteroatoms. The van der Waals surface area contributed by atoms with E-state index < -0.39 is 0 Å². The number of hydrogen-bond acceptors (Lipinski definition) is 3. The normalized spacial score (nSPS) is 25.9. The van der Waals surface area contributed by atoms with E-state index in [-0.39, 0.29) is 17.9 Å². The first-order valence-electron chi connectivity index (χ1n) is 7.15. The molecule has 2 saturated heterocycles. The van der Waals surface area contributed by atoms with Crippen molar-refractivity contribution in [2.75, 3.05) is 13.1 Å². The molecule has 106 valence electrons. The number of aryl methyl sites for hydroxylation is 1. The number of rotatable bonds is 1. The van der Waals surface area contributed by atoms with Crippen molar-refractivity contribution >= 4 is 11.8 Å². The van der Waals surface area contributed by atoms with Crippen LogP contribution in [-0.2, 0) is 4.79 Å². The highest BCUT2D eigenvalue weighted by atomic mass is 16.2. The molecule has 1 N–H and O–H groups in total. The van der Waals surface area contributed by atoms with E-state index in [0.717, 1.165) is 25.1 Å². The summed E-state index contributed by atoms with van der Waals surface area (Å²) in [6.07, 6.45) is 4.00. The van der Waals surface area contributed by atoms with E-state index in [4.69, 9.17) is 0 Å². The van der Waals surface area contributed by atoms with Crippen LogP contribution in [0.1, 0.15) is 35.3 Å². The van der Waals surface area contributed by atoms with Crippen molar-refractivity contribution in [1.82, 2.24) is 15.2 Å². The Balaban J connectivity index is 1.70. The van der Waals surface area contributed by atoms with Gasteiger partial charge in [0.2, 0.25) is 5.91 Å². The first-order valence-corrected chi connectivity index (χ1v) is 7.15. The van der Waals surface area contributed by atoms with Crippen molar-refractivity contribution in [3.8, 4) is 0 Å². The van der Waals surface area contributed by atoms with E-state index in [0.29, 0.717) is 24.4 Å². The van der Waals surface area contributed by atoms with Crippen LogP contribution in [0.4, 0.5) is 0 Å². The van der Waals surface area contributed by atoms with E-state index in [1.165, 1.54) is 0 Å². The molecule has 1 aromatic rings. The number of nitrogens with zero attached hydrogens (tertiary/aromatic N) is 2. The summed E-state index contributed by atoms with van der Waals surface area (Å²) in [5.41, 5.74) is 1.56. The quantitative estimate of drug-likeness (QED) is 0.834. The van der Waals surface area contributed by atoms with Gasteiger partial charge in [0.25, 0.3) is 5.91 Å². The van der Waals surface area contributed by atoms with E-state index in [1.807, 2.05) is 17.9 Å². The van der Waals surface area contributed by atoms with Crippen molar-refractivity contribution in [2.45, 2.75) is 32.2 Å². The maximum absolute atomic E-state index is 12.5. The number of amides is 2. The lowest BCUT2D eigenvalue weighted by atomic mass is 9.85. The van der Waals surface area contributed by atoms with Gasteiger partial charge in [-0.1, -0.05) is 0 Å². The second-order valence-electron chi connectivity index (χ2n) is 5.70. The van der Waals surface area contributed by atoms with E-state index in [9.17, 15) is 9.59 Å². The molecule has 0 radical (unpaired) electrons. The highest BCUT2D eigenvalue weighted by Gasteiger charge is 2.35. The Hall–Kier alpha value is -1.91. The Morgan fingerprint density at radius 2 is 2.30 bits per heavy atom. The van der Waals surface area contributed by atoms with E-state index in [1.54, 1.807) is 12.3 Å². The molecular weight excluding hydrogens is 254 g/mol. The molecular formula is C15H19N3O2. The summed E-state index contributed by atoms with van der Waals surface area (Å²) >= 11 is 0. The van der Waals surface area contributed by atoms with Gasteiger partial charge in [-0.3, -0.25) is 14.6 Å². The molecule has 5 nitrogen and oxygen atoms in total. The summed E-state index contributed by atoms with van der Waals surface area (Å²) in [4.78, 5) is 29.9. The molecule has 3 heterocycles. The number of pyridine rings is 1. The van der Waals surface area contributed by atoms with Gasteiger partial charge in [-0.05, 0) is 37.8 Å². The topological polar surface area (TPSA) is 62.3 Å². The zero-order valence-electron chi connectivity index (χ0n) is 11.6. The Bertz CT molecular complexity index is 544. The second kappa shape index (κ2) is 5.23. The standard InChI is InChI=1S/C15H19N3O2/c1-10-8-11(4-6-16-10)15(20)18-7-5-13-12(9-18)2-3-14(19)17-13/h4,6,8,12-13H,2-3,5,7,9H2,1H3,(H,17,19). The fraction of sp³-hybridized carbons (Fsp3) is 0.533. The molecule has 2 aliphatic rings. The lowest BCUT2D eigenvalue weighted by molar-refractivity contribution is -0.125. The summed E-state index contributed by atoms with van der Waals surface area (Å²) in [5, 5.41) is 3.04. The molecule has 0 saturated carbocycles. The van der Waals surface area contributed by atoms with Crippen molar-refractivity contribution < 1.29 is 9.59 Å². The van der Waals surface area contributed by atoms with Crippen molar-refractivity contribution in [3.05, 3.63) is 29.6 Å². The Morgan fingerprint density at radius 1 is 1.45 bits per heavy atom. The molecule has 0 bridgehead atoms. The Morgan fingerprint density at radius 3 is 3.10 bits per heavy atom. The predicted molar refractivity (Wildman–Crippen MR) is 74.1 cm³/mol. The first kappa shape index (κ1) is 13.1. The number of fused-ring (bicyclic) bond motifs is 1. The molecule has 20 heavy (non-hydrogen) atoms. The predicted octanol–water partition coefficient (Wildman–Crippen LogP) is 1.13. The fourth-order valence-corrected chi connectivity index (χ4v) is 3.16. The van der Waals surface area contributed by atoms with Crippen molar-refractivity contribution in [2.24, 2.45) is 5.92 Å². The number of carbonyl (C=O) groups excluding carboxylic acids is 2. The Kier molecular flexibility index (Phi) is 3.42. The molecule has 0 aliphatic carbocycles. The van der Waals surface area contributed by atoms with Crippen LogP contribution in [0.25, 0.3) is 0 Å².